The van der Waals surface area contributed by atoms with Gasteiger partial charge in [-0.25, -0.2) is 4.98 Å². The van der Waals surface area contributed by atoms with Gasteiger partial charge in [0.15, 0.2) is 5.58 Å². The van der Waals surface area contributed by atoms with Crippen molar-refractivity contribution in [3.8, 4) is 45.1 Å². The molecule has 0 saturated heterocycles. The quantitative estimate of drug-likeness (QED) is 0.182. The van der Waals surface area contributed by atoms with Crippen LogP contribution in [0.1, 0.15) is 0 Å². The molecule has 248 valence electrons. The van der Waals surface area contributed by atoms with E-state index in [2.05, 4.69) is 191 Å². The number of para-hydroxylation sites is 4. The zero-order valence-corrected chi connectivity index (χ0v) is 28.6. The molecule has 0 aliphatic rings. The fourth-order valence-corrected chi connectivity index (χ4v) is 8.12. The molecule has 0 fully saturated rings. The number of aromatic nitrogens is 3. The molecule has 0 bridgehead atoms. The molecule has 0 atom stereocenters. The van der Waals surface area contributed by atoms with E-state index in [1.165, 1.54) is 43.6 Å². The van der Waals surface area contributed by atoms with E-state index < -0.39 is 0 Å². The largest absolute Gasteiger partial charge is 0.436 e. The molecule has 0 unspecified atom stereocenters. The molecule has 0 saturated carbocycles. The Kier molecular flexibility index (Phi) is 6.52. The first kappa shape index (κ1) is 29.5. The standard InChI is InChI=1S/C49H31N3O/c1-3-13-32(14-4-1)41-30-35(34-25-28-46-42(29-34)40-19-9-12-22-45(40)51(46)36-15-5-2-6-16-36)31-47-48(41)50-49(53-47)33-23-26-37(27-24-33)52-43-20-10-7-17-38(43)39-18-8-11-21-44(39)52/h1-31H. The molecule has 11 rings (SSSR count). The van der Waals surface area contributed by atoms with Gasteiger partial charge in [-0.2, -0.15) is 0 Å². The molecule has 0 amide bonds. The number of benzene rings is 8. The van der Waals surface area contributed by atoms with Crippen molar-refractivity contribution >= 4 is 54.7 Å². The van der Waals surface area contributed by atoms with Gasteiger partial charge in [0, 0.05) is 44.0 Å². The minimum atomic E-state index is 0.601. The van der Waals surface area contributed by atoms with Gasteiger partial charge in [-0.3, -0.25) is 0 Å². The molecule has 4 nitrogen and oxygen atoms in total. The van der Waals surface area contributed by atoms with Crippen LogP contribution in [0.4, 0.5) is 0 Å². The number of oxazole rings is 1. The van der Waals surface area contributed by atoms with Crippen LogP contribution < -0.4 is 0 Å². The van der Waals surface area contributed by atoms with E-state index >= 15 is 0 Å². The molecule has 3 heterocycles. The second-order valence-electron chi connectivity index (χ2n) is 13.6. The molecule has 0 radical (unpaired) electrons. The van der Waals surface area contributed by atoms with Crippen LogP contribution in [-0.4, -0.2) is 14.1 Å². The average molecular weight is 678 g/mol. The van der Waals surface area contributed by atoms with Gasteiger partial charge in [-0.15, -0.1) is 0 Å². The number of fused-ring (bicyclic) bond motifs is 7. The lowest BCUT2D eigenvalue weighted by atomic mass is 9.96. The van der Waals surface area contributed by atoms with Gasteiger partial charge in [0.2, 0.25) is 5.89 Å². The molecule has 53 heavy (non-hydrogen) atoms. The van der Waals surface area contributed by atoms with E-state index in [0.717, 1.165) is 50.3 Å². The van der Waals surface area contributed by atoms with Crippen LogP contribution in [0.2, 0.25) is 0 Å². The van der Waals surface area contributed by atoms with Crippen molar-refractivity contribution in [1.82, 2.24) is 14.1 Å². The van der Waals surface area contributed by atoms with Gasteiger partial charge >= 0.3 is 0 Å². The van der Waals surface area contributed by atoms with Gasteiger partial charge in [0.25, 0.3) is 0 Å². The van der Waals surface area contributed by atoms with Crippen molar-refractivity contribution in [2.24, 2.45) is 0 Å². The van der Waals surface area contributed by atoms with Gasteiger partial charge in [0.1, 0.15) is 5.52 Å². The fraction of sp³-hybridized carbons (Fsp3) is 0. The lowest BCUT2D eigenvalue weighted by Gasteiger charge is -2.09. The molecule has 0 N–H and O–H groups in total. The minimum Gasteiger partial charge on any atom is -0.436 e. The summed E-state index contributed by atoms with van der Waals surface area (Å²) in [7, 11) is 0. The van der Waals surface area contributed by atoms with Gasteiger partial charge < -0.3 is 13.6 Å². The second kappa shape index (κ2) is 11.7. The van der Waals surface area contributed by atoms with Gasteiger partial charge in [0.05, 0.1) is 22.1 Å². The maximum atomic E-state index is 6.65. The van der Waals surface area contributed by atoms with E-state index in [0.29, 0.717) is 5.89 Å². The van der Waals surface area contributed by atoms with Crippen LogP contribution in [0.25, 0.3) is 99.8 Å². The highest BCUT2D eigenvalue weighted by molar-refractivity contribution is 6.11. The van der Waals surface area contributed by atoms with Crippen LogP contribution in [0.3, 0.4) is 0 Å². The first-order valence-corrected chi connectivity index (χ1v) is 18.0. The minimum absolute atomic E-state index is 0.601. The summed E-state index contributed by atoms with van der Waals surface area (Å²) in [6, 6.07) is 66.6. The highest BCUT2D eigenvalue weighted by Crippen LogP contribution is 2.40. The molecule has 0 aliphatic heterocycles. The maximum Gasteiger partial charge on any atom is 0.227 e. The highest BCUT2D eigenvalue weighted by Gasteiger charge is 2.18. The molecular weight excluding hydrogens is 647 g/mol. The Labute approximate surface area is 305 Å². The van der Waals surface area contributed by atoms with Gasteiger partial charge in [-0.1, -0.05) is 109 Å². The third-order valence-corrected chi connectivity index (χ3v) is 10.6. The predicted octanol–water partition coefficient (Wildman–Crippen LogP) is 13.0. The first-order valence-electron chi connectivity index (χ1n) is 18.0. The molecule has 8 aromatic carbocycles. The zero-order chi connectivity index (χ0) is 34.9. The zero-order valence-electron chi connectivity index (χ0n) is 28.6. The van der Waals surface area contributed by atoms with E-state index in [1.807, 2.05) is 6.07 Å². The third kappa shape index (κ3) is 4.66. The van der Waals surface area contributed by atoms with E-state index in [4.69, 9.17) is 9.40 Å². The fourth-order valence-electron chi connectivity index (χ4n) is 8.12. The lowest BCUT2D eigenvalue weighted by Crippen LogP contribution is -1.93. The van der Waals surface area contributed by atoms with Crippen molar-refractivity contribution in [1.29, 1.82) is 0 Å². The number of rotatable bonds is 5. The summed E-state index contributed by atoms with van der Waals surface area (Å²) < 4.78 is 11.3. The highest BCUT2D eigenvalue weighted by atomic mass is 16.3. The van der Waals surface area contributed by atoms with Crippen LogP contribution in [0.5, 0.6) is 0 Å². The van der Waals surface area contributed by atoms with E-state index in [1.54, 1.807) is 0 Å². The van der Waals surface area contributed by atoms with Crippen molar-refractivity contribution in [2.75, 3.05) is 0 Å². The molecular formula is C49H31N3O. The molecule has 4 heteroatoms. The third-order valence-electron chi connectivity index (χ3n) is 10.6. The van der Waals surface area contributed by atoms with E-state index in [-0.39, 0.29) is 0 Å². The SMILES string of the molecule is c1ccc(-c2cc(-c3ccc4c(c3)c3ccccc3n4-c3ccccc3)cc3oc(-c4ccc(-n5c6ccccc6c6ccccc65)cc4)nc23)cc1. The summed E-state index contributed by atoms with van der Waals surface area (Å²) >= 11 is 0. The monoisotopic (exact) mass is 677 g/mol. The number of hydrogen-bond donors (Lipinski definition) is 0. The van der Waals surface area contributed by atoms with Crippen molar-refractivity contribution in [3.05, 3.63) is 188 Å². The van der Waals surface area contributed by atoms with Crippen molar-refractivity contribution in [2.45, 2.75) is 0 Å². The van der Waals surface area contributed by atoms with Crippen LogP contribution >= 0.6 is 0 Å². The number of nitrogens with zero attached hydrogens (tertiary/aromatic N) is 3. The Bertz CT molecular complexity index is 3100. The lowest BCUT2D eigenvalue weighted by molar-refractivity contribution is 0.620. The topological polar surface area (TPSA) is 35.9 Å². The molecule has 11 aromatic rings. The average Bonchev–Trinajstić information content (AvgIpc) is 3.91. The molecule has 0 aliphatic carbocycles. The number of hydrogen-bond acceptors (Lipinski definition) is 2. The summed E-state index contributed by atoms with van der Waals surface area (Å²) in [4.78, 5) is 5.14. The summed E-state index contributed by atoms with van der Waals surface area (Å²) in [5.74, 6) is 0.601. The van der Waals surface area contributed by atoms with Crippen LogP contribution in [0.15, 0.2) is 192 Å². The Morgan fingerprint density at radius 2 is 0.868 bits per heavy atom. The Morgan fingerprint density at radius 1 is 0.358 bits per heavy atom. The summed E-state index contributed by atoms with van der Waals surface area (Å²) in [6.07, 6.45) is 0. The van der Waals surface area contributed by atoms with Crippen LogP contribution in [0, 0.1) is 0 Å². The Morgan fingerprint density at radius 3 is 1.51 bits per heavy atom. The van der Waals surface area contributed by atoms with Gasteiger partial charge in [-0.05, 0) is 95.6 Å². The Hall–Kier alpha value is -7.17. The normalized spacial score (nSPS) is 11.8. The molecule has 3 aromatic heterocycles. The second-order valence-corrected chi connectivity index (χ2v) is 13.6. The van der Waals surface area contributed by atoms with E-state index in [9.17, 15) is 0 Å². The summed E-state index contributed by atoms with van der Waals surface area (Å²) in [5, 5.41) is 4.93. The van der Waals surface area contributed by atoms with Crippen molar-refractivity contribution < 1.29 is 4.42 Å². The maximum absolute atomic E-state index is 6.65. The molecule has 0 spiro atoms. The van der Waals surface area contributed by atoms with Crippen LogP contribution in [-0.2, 0) is 0 Å². The predicted molar refractivity (Wildman–Crippen MR) is 219 cm³/mol. The Balaban J connectivity index is 1.05. The summed E-state index contributed by atoms with van der Waals surface area (Å²) in [5.41, 5.74) is 13.9. The summed E-state index contributed by atoms with van der Waals surface area (Å²) in [6.45, 7) is 0. The first-order chi connectivity index (χ1) is 26.3. The van der Waals surface area contributed by atoms with Crippen molar-refractivity contribution in [3.63, 3.8) is 0 Å². The smallest absolute Gasteiger partial charge is 0.227 e.